The van der Waals surface area contributed by atoms with Crippen molar-refractivity contribution in [1.29, 1.82) is 0 Å². The first-order valence-corrected chi connectivity index (χ1v) is 9.69. The van der Waals surface area contributed by atoms with E-state index < -0.39 is 35.5 Å². The van der Waals surface area contributed by atoms with E-state index in [2.05, 4.69) is 4.98 Å². The van der Waals surface area contributed by atoms with E-state index in [1.165, 1.54) is 11.1 Å². The Morgan fingerprint density at radius 1 is 1.00 bits per heavy atom. The van der Waals surface area contributed by atoms with Crippen molar-refractivity contribution in [3.63, 3.8) is 0 Å². The Labute approximate surface area is 168 Å². The summed E-state index contributed by atoms with van der Waals surface area (Å²) < 4.78 is 10.1. The zero-order chi connectivity index (χ0) is 21.0. The van der Waals surface area contributed by atoms with E-state index in [1.807, 2.05) is 12.1 Å². The van der Waals surface area contributed by atoms with Gasteiger partial charge in [-0.1, -0.05) is 18.2 Å². The van der Waals surface area contributed by atoms with Crippen molar-refractivity contribution in [2.75, 3.05) is 26.3 Å². The van der Waals surface area contributed by atoms with Gasteiger partial charge in [-0.2, -0.15) is 0 Å². The molecule has 0 bridgehead atoms. The Kier molecular flexibility index (Phi) is 6.31. The van der Waals surface area contributed by atoms with Gasteiger partial charge in [0.2, 0.25) is 0 Å². The van der Waals surface area contributed by atoms with Crippen LogP contribution >= 0.6 is 0 Å². The van der Waals surface area contributed by atoms with Crippen LogP contribution in [0.2, 0.25) is 0 Å². The summed E-state index contributed by atoms with van der Waals surface area (Å²) in [5.74, 6) is -3.78. The highest BCUT2D eigenvalue weighted by atomic mass is 16.5. The maximum atomic E-state index is 13.0. The lowest BCUT2D eigenvalue weighted by Gasteiger charge is -2.35. The summed E-state index contributed by atoms with van der Waals surface area (Å²) in [5.41, 5.74) is 1.01. The van der Waals surface area contributed by atoms with Crippen molar-refractivity contribution in [2.45, 2.75) is 20.3 Å². The van der Waals surface area contributed by atoms with E-state index in [4.69, 9.17) is 9.47 Å². The topological polar surface area (TPSA) is 106 Å². The number of rotatable bonds is 6. The lowest BCUT2D eigenvalue weighted by molar-refractivity contribution is -0.157. The average Bonchev–Trinajstić information content (AvgIpc) is 3.17. The van der Waals surface area contributed by atoms with E-state index in [0.29, 0.717) is 5.39 Å². The third kappa shape index (κ3) is 4.31. The molecular formula is C21H24N2O6. The van der Waals surface area contributed by atoms with Crippen molar-refractivity contribution >= 4 is 34.5 Å². The van der Waals surface area contributed by atoms with Crippen LogP contribution < -0.4 is 0 Å². The van der Waals surface area contributed by atoms with Crippen LogP contribution in [0, 0.1) is 11.8 Å². The number of Topliss-reactive ketones (excluding diaryl/α,β-unsaturated/α-hetero) is 1. The summed E-state index contributed by atoms with van der Waals surface area (Å²) in [5, 5.41) is 0.645. The molecule has 1 aliphatic rings. The number of piperidine rings is 1. The molecule has 1 fully saturated rings. The molecule has 154 valence electrons. The first-order valence-electron chi connectivity index (χ1n) is 9.69. The lowest BCUT2D eigenvalue weighted by atomic mass is 9.88. The third-order valence-electron chi connectivity index (χ3n) is 5.01. The average molecular weight is 400 g/mol. The first kappa shape index (κ1) is 20.6. The van der Waals surface area contributed by atoms with Gasteiger partial charge in [0, 0.05) is 30.2 Å². The number of hydrogen-bond acceptors (Lipinski definition) is 6. The lowest BCUT2D eigenvalue weighted by Crippen LogP contribution is -2.50. The van der Waals surface area contributed by atoms with Gasteiger partial charge >= 0.3 is 11.9 Å². The normalized spacial score (nSPS) is 19.0. The fourth-order valence-electron chi connectivity index (χ4n) is 3.64. The Morgan fingerprint density at radius 2 is 1.59 bits per heavy atom. The van der Waals surface area contributed by atoms with Gasteiger partial charge in [-0.3, -0.25) is 19.2 Å². The second kappa shape index (κ2) is 8.89. The molecule has 1 N–H and O–H groups in total. The van der Waals surface area contributed by atoms with Crippen LogP contribution in [0.4, 0.5) is 0 Å². The van der Waals surface area contributed by atoms with Gasteiger partial charge < -0.3 is 19.4 Å². The van der Waals surface area contributed by atoms with Crippen molar-refractivity contribution < 1.29 is 28.7 Å². The molecule has 1 saturated heterocycles. The van der Waals surface area contributed by atoms with Crippen LogP contribution in [0.25, 0.3) is 10.9 Å². The van der Waals surface area contributed by atoms with E-state index in [9.17, 15) is 19.2 Å². The van der Waals surface area contributed by atoms with Gasteiger partial charge in [-0.15, -0.1) is 0 Å². The number of aromatic nitrogens is 1. The molecule has 8 heteroatoms. The Hall–Kier alpha value is -3.16. The van der Waals surface area contributed by atoms with Crippen molar-refractivity contribution in [2.24, 2.45) is 11.8 Å². The number of H-pyrrole nitrogens is 1. The van der Waals surface area contributed by atoms with Crippen molar-refractivity contribution in [3.8, 4) is 0 Å². The SMILES string of the molecule is CCOC(=O)[C@@H]1C[C@@H](C(=O)OCC)CN(C(=O)C(=O)c2c[nH]c3ccccc23)C1. The zero-order valence-corrected chi connectivity index (χ0v) is 16.5. The number of nitrogens with one attached hydrogen (secondary N) is 1. The summed E-state index contributed by atoms with van der Waals surface area (Å²) in [7, 11) is 0. The molecule has 1 aromatic heterocycles. The summed E-state index contributed by atoms with van der Waals surface area (Å²) in [6.45, 7) is 3.83. The minimum absolute atomic E-state index is 0.0294. The van der Waals surface area contributed by atoms with E-state index in [-0.39, 0.29) is 38.3 Å². The van der Waals surface area contributed by atoms with Crippen molar-refractivity contribution in [1.82, 2.24) is 9.88 Å². The number of esters is 2. The number of aromatic amines is 1. The van der Waals surface area contributed by atoms with E-state index in [0.717, 1.165) is 5.52 Å². The molecule has 29 heavy (non-hydrogen) atoms. The standard InChI is InChI=1S/C21H24N2O6/c1-3-28-20(26)13-9-14(21(27)29-4-2)12-23(11-13)19(25)18(24)16-10-22-17-8-6-5-7-15(16)17/h5-8,10,13-14,22H,3-4,9,11-12H2,1-2H3/t13-,14-/m1/s1. The highest BCUT2D eigenvalue weighted by Gasteiger charge is 2.40. The van der Waals surface area contributed by atoms with Crippen LogP contribution in [0.1, 0.15) is 30.6 Å². The number of fused-ring (bicyclic) bond motifs is 1. The van der Waals surface area contributed by atoms with Crippen LogP contribution in [0.5, 0.6) is 0 Å². The summed E-state index contributed by atoms with van der Waals surface area (Å²) in [6.07, 6.45) is 1.73. The number of likely N-dealkylation sites (tertiary alicyclic amines) is 1. The highest BCUT2D eigenvalue weighted by molar-refractivity contribution is 6.44. The quantitative estimate of drug-likeness (QED) is 0.451. The number of ether oxygens (including phenoxy) is 2. The Bertz CT molecular complexity index is 908. The second-order valence-electron chi connectivity index (χ2n) is 6.92. The number of ketones is 1. The molecule has 2 aromatic rings. The fourth-order valence-corrected chi connectivity index (χ4v) is 3.64. The van der Waals surface area contributed by atoms with Crippen LogP contribution in [0.15, 0.2) is 30.5 Å². The van der Waals surface area contributed by atoms with E-state index >= 15 is 0 Å². The van der Waals surface area contributed by atoms with Gasteiger partial charge in [0.1, 0.15) is 0 Å². The van der Waals surface area contributed by atoms with Gasteiger partial charge in [0.05, 0.1) is 30.6 Å². The number of nitrogens with zero attached hydrogens (tertiary/aromatic N) is 1. The van der Waals surface area contributed by atoms with Crippen molar-refractivity contribution in [3.05, 3.63) is 36.0 Å². The second-order valence-corrected chi connectivity index (χ2v) is 6.92. The maximum Gasteiger partial charge on any atom is 0.310 e. The van der Waals surface area contributed by atoms with Gasteiger partial charge in [0.15, 0.2) is 0 Å². The molecular weight excluding hydrogens is 376 g/mol. The van der Waals surface area contributed by atoms with Crippen LogP contribution in [-0.2, 0) is 23.9 Å². The Morgan fingerprint density at radius 3 is 2.17 bits per heavy atom. The molecule has 1 aliphatic heterocycles. The molecule has 1 aromatic carbocycles. The molecule has 2 heterocycles. The highest BCUT2D eigenvalue weighted by Crippen LogP contribution is 2.26. The summed E-state index contributed by atoms with van der Waals surface area (Å²) >= 11 is 0. The molecule has 0 radical (unpaired) electrons. The first-order chi connectivity index (χ1) is 14.0. The van der Waals surface area contributed by atoms with Gasteiger partial charge in [-0.05, 0) is 26.3 Å². The van der Waals surface area contributed by atoms with Gasteiger partial charge in [0.25, 0.3) is 11.7 Å². The monoisotopic (exact) mass is 400 g/mol. The number of amides is 1. The summed E-state index contributed by atoms with van der Waals surface area (Å²) in [4.78, 5) is 54.6. The molecule has 2 atom stereocenters. The maximum absolute atomic E-state index is 13.0. The largest absolute Gasteiger partial charge is 0.466 e. The predicted molar refractivity (Wildman–Crippen MR) is 104 cm³/mol. The number of benzene rings is 1. The Balaban J connectivity index is 1.83. The van der Waals surface area contributed by atoms with Gasteiger partial charge in [-0.25, -0.2) is 0 Å². The molecule has 1 amide bonds. The summed E-state index contributed by atoms with van der Waals surface area (Å²) in [6, 6.07) is 7.18. The smallest absolute Gasteiger partial charge is 0.310 e. The fraction of sp³-hybridized carbons (Fsp3) is 0.429. The predicted octanol–water partition coefficient (Wildman–Crippen LogP) is 1.94. The van der Waals surface area contributed by atoms with E-state index in [1.54, 1.807) is 26.0 Å². The zero-order valence-electron chi connectivity index (χ0n) is 16.5. The minimum Gasteiger partial charge on any atom is -0.466 e. The molecule has 0 unspecified atom stereocenters. The number of carbonyl (C=O) groups excluding carboxylic acids is 4. The molecule has 0 saturated carbocycles. The molecule has 8 nitrogen and oxygen atoms in total. The number of carbonyl (C=O) groups is 4. The van der Waals surface area contributed by atoms with Crippen LogP contribution in [0.3, 0.4) is 0 Å². The molecule has 0 spiro atoms. The third-order valence-corrected chi connectivity index (χ3v) is 5.01. The van der Waals surface area contributed by atoms with Crippen LogP contribution in [-0.4, -0.2) is 59.8 Å². The number of para-hydroxylation sites is 1. The molecule has 3 rings (SSSR count). The number of hydrogen-bond donors (Lipinski definition) is 1. The minimum atomic E-state index is -0.752. The molecule has 0 aliphatic carbocycles.